The first-order valence-corrected chi connectivity index (χ1v) is 9.51. The molecule has 24 heavy (non-hydrogen) atoms. The zero-order chi connectivity index (χ0) is 17.1. The summed E-state index contributed by atoms with van der Waals surface area (Å²) < 4.78 is 0.830. The minimum Gasteiger partial charge on any atom is -0.312 e. The predicted octanol–water partition coefficient (Wildman–Crippen LogP) is 2.95. The van der Waals surface area contributed by atoms with Crippen LogP contribution in [0.5, 0.6) is 0 Å². The van der Waals surface area contributed by atoms with Gasteiger partial charge in [0.05, 0.1) is 5.92 Å². The molecule has 126 valence electrons. The summed E-state index contributed by atoms with van der Waals surface area (Å²) in [5.41, 5.74) is 1.93. The fraction of sp³-hybridized carbons (Fsp3) is 0.375. The molecule has 0 saturated carbocycles. The summed E-state index contributed by atoms with van der Waals surface area (Å²) in [7, 11) is 0. The summed E-state index contributed by atoms with van der Waals surface area (Å²) in [6, 6.07) is 7.75. The summed E-state index contributed by atoms with van der Waals surface area (Å²) in [4.78, 5) is 26.3. The van der Waals surface area contributed by atoms with Crippen LogP contribution in [0.4, 0.5) is 10.8 Å². The lowest BCUT2D eigenvalue weighted by Gasteiger charge is -2.17. The number of nitrogens with zero attached hydrogens (tertiary/aromatic N) is 3. The number of aryl methyl sites for hydroxylation is 1. The Balaban J connectivity index is 1.65. The number of thioether (sulfide) groups is 1. The molecule has 8 heteroatoms. The highest BCUT2D eigenvalue weighted by molar-refractivity contribution is 8.01. The highest BCUT2D eigenvalue weighted by Crippen LogP contribution is 2.28. The normalized spacial score (nSPS) is 17.3. The van der Waals surface area contributed by atoms with E-state index in [0.29, 0.717) is 11.7 Å². The van der Waals surface area contributed by atoms with E-state index in [1.54, 1.807) is 16.7 Å². The van der Waals surface area contributed by atoms with Crippen molar-refractivity contribution in [3.8, 4) is 0 Å². The summed E-state index contributed by atoms with van der Waals surface area (Å²) in [5, 5.41) is 11.2. The summed E-state index contributed by atoms with van der Waals surface area (Å²) >= 11 is 2.94. The lowest BCUT2D eigenvalue weighted by Crippen LogP contribution is -2.28. The molecule has 0 spiro atoms. The molecule has 1 aliphatic heterocycles. The fourth-order valence-corrected chi connectivity index (χ4v) is 4.23. The zero-order valence-corrected chi connectivity index (χ0v) is 15.1. The van der Waals surface area contributed by atoms with E-state index in [1.807, 2.05) is 38.1 Å². The molecule has 0 unspecified atom stereocenters. The molecule has 0 radical (unpaired) electrons. The van der Waals surface area contributed by atoms with Crippen LogP contribution in [0.2, 0.25) is 0 Å². The number of benzene rings is 1. The Labute approximate surface area is 148 Å². The van der Waals surface area contributed by atoms with Crippen molar-refractivity contribution in [2.75, 3.05) is 22.5 Å². The molecule has 0 aliphatic carbocycles. The molecule has 1 aliphatic rings. The van der Waals surface area contributed by atoms with Gasteiger partial charge in [-0.2, -0.15) is 0 Å². The Morgan fingerprint density at radius 1 is 1.46 bits per heavy atom. The van der Waals surface area contributed by atoms with Gasteiger partial charge >= 0.3 is 0 Å². The molecule has 6 nitrogen and oxygen atoms in total. The van der Waals surface area contributed by atoms with Crippen LogP contribution >= 0.6 is 23.1 Å². The van der Waals surface area contributed by atoms with Crippen LogP contribution in [0.15, 0.2) is 28.6 Å². The van der Waals surface area contributed by atoms with Crippen molar-refractivity contribution in [2.24, 2.45) is 5.92 Å². The van der Waals surface area contributed by atoms with Crippen LogP contribution in [-0.2, 0) is 9.59 Å². The Hall–Kier alpha value is -1.93. The average molecular weight is 362 g/mol. The predicted molar refractivity (Wildman–Crippen MR) is 96.6 cm³/mol. The van der Waals surface area contributed by atoms with Crippen molar-refractivity contribution >= 4 is 45.7 Å². The first-order valence-electron chi connectivity index (χ1n) is 7.71. The maximum Gasteiger partial charge on any atom is 0.231 e. The van der Waals surface area contributed by atoms with Crippen LogP contribution < -0.4 is 10.2 Å². The van der Waals surface area contributed by atoms with Gasteiger partial charge in [-0.3, -0.25) is 9.59 Å². The number of anilines is 2. The van der Waals surface area contributed by atoms with Crippen molar-refractivity contribution in [1.82, 2.24) is 10.2 Å². The molecule has 2 amide bonds. The van der Waals surface area contributed by atoms with Gasteiger partial charge in [-0.15, -0.1) is 10.2 Å². The largest absolute Gasteiger partial charge is 0.312 e. The van der Waals surface area contributed by atoms with Crippen molar-refractivity contribution in [2.45, 2.75) is 24.6 Å². The first-order chi connectivity index (χ1) is 11.6. The van der Waals surface area contributed by atoms with E-state index < -0.39 is 0 Å². The minimum atomic E-state index is -0.371. The lowest BCUT2D eigenvalue weighted by molar-refractivity contribution is -0.122. The van der Waals surface area contributed by atoms with Gasteiger partial charge in [-0.05, 0) is 30.4 Å². The van der Waals surface area contributed by atoms with Crippen molar-refractivity contribution in [1.29, 1.82) is 0 Å². The van der Waals surface area contributed by atoms with E-state index in [0.717, 1.165) is 21.3 Å². The summed E-state index contributed by atoms with van der Waals surface area (Å²) in [6.45, 7) is 4.41. The van der Waals surface area contributed by atoms with Gasteiger partial charge in [0, 0.05) is 18.7 Å². The molecule has 1 atom stereocenters. The zero-order valence-electron chi connectivity index (χ0n) is 13.5. The number of aromatic nitrogens is 2. The molecule has 1 fully saturated rings. The second-order valence-electron chi connectivity index (χ2n) is 5.54. The summed E-state index contributed by atoms with van der Waals surface area (Å²) in [5.74, 6) is 0.331. The molecule has 3 rings (SSSR count). The van der Waals surface area contributed by atoms with Gasteiger partial charge in [0.1, 0.15) is 0 Å². The van der Waals surface area contributed by atoms with Gasteiger partial charge < -0.3 is 10.2 Å². The third kappa shape index (κ3) is 3.76. The topological polar surface area (TPSA) is 75.2 Å². The molecular weight excluding hydrogens is 344 g/mol. The standard InChI is InChI=1S/C16H18N4O2S2/c1-3-23-16-19-18-15(24-16)17-14(22)11-8-13(21)20(9-11)12-6-4-5-10(2)7-12/h4-7,11H,3,8-9H2,1-2H3,(H,17,18,22)/t11-/m1/s1. The van der Waals surface area contributed by atoms with E-state index in [9.17, 15) is 9.59 Å². The van der Waals surface area contributed by atoms with Crippen molar-refractivity contribution in [3.63, 3.8) is 0 Å². The number of carbonyl (C=O) groups is 2. The van der Waals surface area contributed by atoms with Gasteiger partial charge in [-0.1, -0.05) is 42.2 Å². The van der Waals surface area contributed by atoms with Crippen LogP contribution in [0.1, 0.15) is 18.9 Å². The van der Waals surface area contributed by atoms with Crippen molar-refractivity contribution in [3.05, 3.63) is 29.8 Å². The van der Waals surface area contributed by atoms with Crippen LogP contribution in [-0.4, -0.2) is 34.3 Å². The maximum atomic E-state index is 12.4. The van der Waals surface area contributed by atoms with Crippen LogP contribution in [0, 0.1) is 12.8 Å². The molecule has 1 aromatic carbocycles. The molecule has 1 N–H and O–H groups in total. The smallest absolute Gasteiger partial charge is 0.231 e. The minimum absolute atomic E-state index is 0.0276. The highest BCUT2D eigenvalue weighted by atomic mass is 32.2. The van der Waals surface area contributed by atoms with E-state index in [2.05, 4.69) is 15.5 Å². The van der Waals surface area contributed by atoms with Gasteiger partial charge in [0.25, 0.3) is 0 Å². The molecule has 2 heterocycles. The Morgan fingerprint density at radius 2 is 2.29 bits per heavy atom. The number of amides is 2. The molecule has 0 bridgehead atoms. The average Bonchev–Trinajstić information content (AvgIpc) is 3.14. The van der Waals surface area contributed by atoms with Gasteiger partial charge in [0.2, 0.25) is 16.9 Å². The summed E-state index contributed by atoms with van der Waals surface area (Å²) in [6.07, 6.45) is 0.217. The molecular formula is C16H18N4O2S2. The number of hydrogen-bond donors (Lipinski definition) is 1. The highest BCUT2D eigenvalue weighted by Gasteiger charge is 2.35. The van der Waals surface area contributed by atoms with E-state index in [-0.39, 0.29) is 24.2 Å². The van der Waals surface area contributed by atoms with Crippen LogP contribution in [0.25, 0.3) is 0 Å². The van der Waals surface area contributed by atoms with E-state index >= 15 is 0 Å². The number of nitrogens with one attached hydrogen (secondary N) is 1. The Morgan fingerprint density at radius 3 is 3.04 bits per heavy atom. The molecule has 1 saturated heterocycles. The second-order valence-corrected chi connectivity index (χ2v) is 8.03. The third-order valence-corrected chi connectivity index (χ3v) is 5.57. The monoisotopic (exact) mass is 362 g/mol. The van der Waals surface area contributed by atoms with E-state index in [4.69, 9.17) is 0 Å². The quantitative estimate of drug-likeness (QED) is 0.654. The third-order valence-electron chi connectivity index (χ3n) is 3.71. The molecule has 2 aromatic rings. The van der Waals surface area contributed by atoms with Gasteiger partial charge in [-0.25, -0.2) is 0 Å². The lowest BCUT2D eigenvalue weighted by atomic mass is 10.1. The number of hydrogen-bond acceptors (Lipinski definition) is 6. The fourth-order valence-electron chi connectivity index (χ4n) is 2.58. The van der Waals surface area contributed by atoms with Crippen LogP contribution in [0.3, 0.4) is 0 Å². The molecule has 1 aromatic heterocycles. The number of rotatable bonds is 5. The van der Waals surface area contributed by atoms with E-state index in [1.165, 1.54) is 11.3 Å². The first kappa shape index (κ1) is 16.9. The van der Waals surface area contributed by atoms with Gasteiger partial charge in [0.15, 0.2) is 4.34 Å². The number of carbonyl (C=O) groups excluding carboxylic acids is 2. The second kappa shape index (κ2) is 7.31. The Bertz CT molecular complexity index is 762. The SMILES string of the molecule is CCSc1nnc(NC(=O)[C@@H]2CC(=O)N(c3cccc(C)c3)C2)s1. The van der Waals surface area contributed by atoms with Crippen molar-refractivity contribution < 1.29 is 9.59 Å². The maximum absolute atomic E-state index is 12.4. The Kier molecular flexibility index (Phi) is 5.15.